The standard InChI is InChI=1S/C24H22N4O3/c1-14-8-15(2)10-20(9-14)28-23(30)21(22(29)26-24(28)31)12-18-11-16(3)27(17(18)4)19-6-5-7-25-13-19/h5-13H,1-4H3,(H,26,29,31)/b21-12+. The zero-order chi connectivity index (χ0) is 22.3. The van der Waals surface area contributed by atoms with Crippen molar-refractivity contribution in [3.8, 4) is 5.69 Å². The number of urea groups is 1. The number of amides is 4. The predicted molar refractivity (Wildman–Crippen MR) is 118 cm³/mol. The Balaban J connectivity index is 1.78. The minimum absolute atomic E-state index is 0.0924. The molecule has 7 heteroatoms. The Hall–Kier alpha value is -4.00. The first kappa shape index (κ1) is 20.3. The third-order valence-corrected chi connectivity index (χ3v) is 5.24. The van der Waals surface area contributed by atoms with Gasteiger partial charge in [-0.2, -0.15) is 0 Å². The van der Waals surface area contributed by atoms with Gasteiger partial charge in [0.05, 0.1) is 17.6 Å². The van der Waals surface area contributed by atoms with Crippen LogP contribution in [0.15, 0.2) is 54.4 Å². The fourth-order valence-electron chi connectivity index (χ4n) is 3.94. The number of carbonyl (C=O) groups is 3. The van der Waals surface area contributed by atoms with Gasteiger partial charge in [-0.15, -0.1) is 0 Å². The maximum atomic E-state index is 13.2. The molecule has 1 aromatic carbocycles. The Morgan fingerprint density at radius 2 is 1.65 bits per heavy atom. The zero-order valence-electron chi connectivity index (χ0n) is 17.8. The quantitative estimate of drug-likeness (QED) is 0.522. The molecule has 4 rings (SSSR count). The summed E-state index contributed by atoms with van der Waals surface area (Å²) < 4.78 is 2.00. The lowest BCUT2D eigenvalue weighted by molar-refractivity contribution is -0.122. The number of hydrogen-bond acceptors (Lipinski definition) is 4. The second kappa shape index (κ2) is 7.68. The molecule has 2 aromatic heterocycles. The maximum Gasteiger partial charge on any atom is 0.335 e. The molecule has 1 fully saturated rings. The van der Waals surface area contributed by atoms with Gasteiger partial charge in [0.1, 0.15) is 5.57 Å². The maximum absolute atomic E-state index is 13.2. The summed E-state index contributed by atoms with van der Waals surface area (Å²) in [6, 6.07) is 10.4. The van der Waals surface area contributed by atoms with E-state index >= 15 is 0 Å². The molecule has 156 valence electrons. The molecule has 0 saturated carbocycles. The lowest BCUT2D eigenvalue weighted by atomic mass is 10.1. The van der Waals surface area contributed by atoms with Crippen LogP contribution in [0.4, 0.5) is 10.5 Å². The number of nitrogens with zero attached hydrogens (tertiary/aromatic N) is 3. The number of rotatable bonds is 3. The van der Waals surface area contributed by atoms with Crippen LogP contribution < -0.4 is 10.2 Å². The minimum atomic E-state index is -0.752. The number of barbiturate groups is 1. The van der Waals surface area contributed by atoms with Crippen molar-refractivity contribution in [3.05, 3.63) is 82.4 Å². The first-order valence-corrected chi connectivity index (χ1v) is 9.85. The summed E-state index contributed by atoms with van der Waals surface area (Å²) in [5.41, 5.74) is 5.56. The number of nitrogens with one attached hydrogen (secondary N) is 1. The van der Waals surface area contributed by atoms with Gasteiger partial charge < -0.3 is 4.57 Å². The Bertz CT molecular complexity index is 1240. The zero-order valence-corrected chi connectivity index (χ0v) is 17.8. The number of benzene rings is 1. The van der Waals surface area contributed by atoms with Crippen molar-refractivity contribution in [1.82, 2.24) is 14.9 Å². The number of carbonyl (C=O) groups excluding carboxylic acids is 3. The third kappa shape index (κ3) is 3.66. The average Bonchev–Trinajstić information content (AvgIpc) is 2.98. The summed E-state index contributed by atoms with van der Waals surface area (Å²) in [4.78, 5) is 43.4. The van der Waals surface area contributed by atoms with Gasteiger partial charge in [-0.1, -0.05) is 6.07 Å². The number of anilines is 1. The molecule has 0 radical (unpaired) electrons. The molecule has 0 bridgehead atoms. The number of aromatic nitrogens is 2. The van der Waals surface area contributed by atoms with Crippen LogP contribution in [0.25, 0.3) is 11.8 Å². The minimum Gasteiger partial charge on any atom is -0.316 e. The summed E-state index contributed by atoms with van der Waals surface area (Å²) in [5, 5.41) is 2.28. The molecule has 1 aliphatic heterocycles. The SMILES string of the molecule is Cc1cc(C)cc(N2C(=O)NC(=O)/C(=C\c3cc(C)n(-c4cccnc4)c3C)C2=O)c1. The molecular weight excluding hydrogens is 392 g/mol. The smallest absolute Gasteiger partial charge is 0.316 e. The molecule has 7 nitrogen and oxygen atoms in total. The molecule has 0 aliphatic carbocycles. The van der Waals surface area contributed by atoms with Crippen LogP contribution in [0.2, 0.25) is 0 Å². The summed E-state index contributed by atoms with van der Waals surface area (Å²) in [6.07, 6.45) is 4.98. The van der Waals surface area contributed by atoms with Crippen LogP contribution in [-0.4, -0.2) is 27.4 Å². The van der Waals surface area contributed by atoms with Crippen molar-refractivity contribution >= 4 is 29.6 Å². The van der Waals surface area contributed by atoms with Crippen LogP contribution in [0.1, 0.15) is 28.1 Å². The van der Waals surface area contributed by atoms with E-state index in [1.54, 1.807) is 24.5 Å². The topological polar surface area (TPSA) is 84.3 Å². The first-order valence-electron chi connectivity index (χ1n) is 9.85. The number of pyridine rings is 1. The van der Waals surface area contributed by atoms with E-state index in [0.717, 1.165) is 38.7 Å². The van der Waals surface area contributed by atoms with Gasteiger partial charge in [-0.05, 0) is 80.8 Å². The number of imide groups is 2. The van der Waals surface area contributed by atoms with Gasteiger partial charge in [0.2, 0.25) is 0 Å². The fourth-order valence-corrected chi connectivity index (χ4v) is 3.94. The largest absolute Gasteiger partial charge is 0.335 e. The van der Waals surface area contributed by atoms with Gasteiger partial charge >= 0.3 is 6.03 Å². The average molecular weight is 414 g/mol. The van der Waals surface area contributed by atoms with Gasteiger partial charge in [-0.3, -0.25) is 19.9 Å². The number of hydrogen-bond donors (Lipinski definition) is 1. The molecule has 0 spiro atoms. The van der Waals surface area contributed by atoms with E-state index in [2.05, 4.69) is 10.3 Å². The molecule has 3 aromatic rings. The molecule has 4 amide bonds. The van der Waals surface area contributed by atoms with E-state index in [9.17, 15) is 14.4 Å². The predicted octanol–water partition coefficient (Wildman–Crippen LogP) is 3.77. The third-order valence-electron chi connectivity index (χ3n) is 5.24. The fraction of sp³-hybridized carbons (Fsp3) is 0.167. The molecule has 3 heterocycles. The van der Waals surface area contributed by atoms with Gasteiger partial charge in [0.25, 0.3) is 11.8 Å². The van der Waals surface area contributed by atoms with Crippen LogP contribution in [0.3, 0.4) is 0 Å². The van der Waals surface area contributed by atoms with E-state index in [4.69, 9.17) is 0 Å². The normalized spacial score (nSPS) is 15.5. The van der Waals surface area contributed by atoms with E-state index in [1.165, 1.54) is 6.08 Å². The molecule has 1 saturated heterocycles. The van der Waals surface area contributed by atoms with Crippen molar-refractivity contribution in [1.29, 1.82) is 0 Å². The van der Waals surface area contributed by atoms with Gasteiger partial charge in [0, 0.05) is 17.6 Å². The van der Waals surface area contributed by atoms with Crippen molar-refractivity contribution < 1.29 is 14.4 Å². The monoisotopic (exact) mass is 414 g/mol. The molecule has 31 heavy (non-hydrogen) atoms. The highest BCUT2D eigenvalue weighted by Gasteiger charge is 2.37. The Morgan fingerprint density at radius 3 is 2.29 bits per heavy atom. The highest BCUT2D eigenvalue weighted by molar-refractivity contribution is 6.39. The summed E-state index contributed by atoms with van der Waals surface area (Å²) in [5.74, 6) is -1.35. The Morgan fingerprint density at radius 1 is 0.935 bits per heavy atom. The summed E-state index contributed by atoms with van der Waals surface area (Å²) >= 11 is 0. The molecule has 0 unspecified atom stereocenters. The van der Waals surface area contributed by atoms with Gasteiger partial charge in [-0.25, -0.2) is 9.69 Å². The van der Waals surface area contributed by atoms with E-state index in [1.807, 2.05) is 56.5 Å². The van der Waals surface area contributed by atoms with Crippen molar-refractivity contribution in [2.24, 2.45) is 0 Å². The van der Waals surface area contributed by atoms with Crippen LogP contribution in [-0.2, 0) is 9.59 Å². The molecule has 1 N–H and O–H groups in total. The van der Waals surface area contributed by atoms with Crippen molar-refractivity contribution in [2.45, 2.75) is 27.7 Å². The molecular formula is C24H22N4O3. The van der Waals surface area contributed by atoms with Gasteiger partial charge in [0.15, 0.2) is 0 Å². The van der Waals surface area contributed by atoms with E-state index in [-0.39, 0.29) is 5.57 Å². The lowest BCUT2D eigenvalue weighted by Crippen LogP contribution is -2.54. The van der Waals surface area contributed by atoms with Crippen LogP contribution >= 0.6 is 0 Å². The first-order chi connectivity index (χ1) is 14.8. The Kier molecular flexibility index (Phi) is 5.02. The van der Waals surface area contributed by atoms with Crippen molar-refractivity contribution in [2.75, 3.05) is 4.90 Å². The lowest BCUT2D eigenvalue weighted by Gasteiger charge is -2.27. The summed E-state index contributed by atoms with van der Waals surface area (Å²) in [6.45, 7) is 7.62. The van der Waals surface area contributed by atoms with Crippen LogP contribution in [0.5, 0.6) is 0 Å². The second-order valence-electron chi connectivity index (χ2n) is 7.68. The Labute approximate surface area is 180 Å². The highest BCUT2D eigenvalue weighted by Crippen LogP contribution is 2.26. The molecule has 1 aliphatic rings. The van der Waals surface area contributed by atoms with E-state index < -0.39 is 17.8 Å². The van der Waals surface area contributed by atoms with Crippen molar-refractivity contribution in [3.63, 3.8) is 0 Å². The highest BCUT2D eigenvalue weighted by atomic mass is 16.2. The van der Waals surface area contributed by atoms with E-state index in [0.29, 0.717) is 5.69 Å². The van der Waals surface area contributed by atoms with Crippen LogP contribution in [0, 0.1) is 27.7 Å². The molecule has 0 atom stereocenters. The number of aryl methyl sites for hydroxylation is 3. The summed E-state index contributed by atoms with van der Waals surface area (Å²) in [7, 11) is 0. The second-order valence-corrected chi connectivity index (χ2v) is 7.68.